The molecule has 3 aliphatic rings. The van der Waals surface area contributed by atoms with E-state index in [1.807, 2.05) is 0 Å². The first-order valence-electron chi connectivity index (χ1n) is 12.1. The van der Waals surface area contributed by atoms with Crippen LogP contribution in [-0.4, -0.2) is 42.9 Å². The summed E-state index contributed by atoms with van der Waals surface area (Å²) in [4.78, 5) is 63.9. The average Bonchev–Trinajstić information content (AvgIpc) is 3.56. The van der Waals surface area contributed by atoms with Crippen molar-refractivity contribution in [1.82, 2.24) is 0 Å². The third kappa shape index (κ3) is 4.25. The smallest absolute Gasteiger partial charge is 0.338 e. The van der Waals surface area contributed by atoms with Crippen LogP contribution in [0.2, 0.25) is 0 Å². The third-order valence-electron chi connectivity index (χ3n) is 7.28. The summed E-state index contributed by atoms with van der Waals surface area (Å²) in [6.45, 7) is 1.44. The Labute approximate surface area is 207 Å². The molecule has 4 atom stereocenters. The van der Waals surface area contributed by atoms with Crippen LogP contribution in [0.5, 0.6) is 0 Å². The highest BCUT2D eigenvalue weighted by Crippen LogP contribution is 2.56. The molecule has 9 heteroatoms. The van der Waals surface area contributed by atoms with Gasteiger partial charge in [-0.25, -0.2) is 9.59 Å². The van der Waals surface area contributed by atoms with E-state index in [2.05, 4.69) is 5.32 Å². The molecule has 2 aliphatic carbocycles. The number of fused-ring (bicyclic) bond motifs is 5. The zero-order valence-corrected chi connectivity index (χ0v) is 19.8. The number of nitrogens with one attached hydrogen (secondary N) is 1. The highest BCUT2D eigenvalue weighted by Gasteiger charge is 2.61. The van der Waals surface area contributed by atoms with Crippen molar-refractivity contribution in [2.45, 2.75) is 26.2 Å². The first-order valence-corrected chi connectivity index (χ1v) is 12.1. The normalized spacial score (nSPS) is 24.0. The number of esters is 2. The lowest BCUT2D eigenvalue weighted by molar-refractivity contribution is -0.123. The number of carbonyl (C=O) groups excluding carboxylic acids is 5. The van der Waals surface area contributed by atoms with Gasteiger partial charge in [-0.05, 0) is 80.5 Å². The lowest BCUT2D eigenvalue weighted by Gasteiger charge is -2.19. The standard InChI is InChI=1S/C27H26N2O7/c1-2-35-26(33)15-8-10-19(11-9-15)28-21(30)14-36-27(34)18-4-3-5-20(13-18)29-24(31)22-16-6-7-17(12-16)23(22)25(29)32/h3-5,8-11,13,16-17,22-23H,2,6-7,12,14H2,1H3,(H,28,30)/t16-,17-,22+,23+/m0/s1. The summed E-state index contributed by atoms with van der Waals surface area (Å²) >= 11 is 0. The lowest BCUT2D eigenvalue weighted by Crippen LogP contribution is -2.32. The minimum Gasteiger partial charge on any atom is -0.462 e. The minimum atomic E-state index is -0.746. The van der Waals surface area contributed by atoms with E-state index >= 15 is 0 Å². The van der Waals surface area contributed by atoms with Crippen molar-refractivity contribution < 1.29 is 33.4 Å². The molecule has 2 aromatic rings. The number of carbonyl (C=O) groups is 5. The van der Waals surface area contributed by atoms with Crippen LogP contribution in [0.3, 0.4) is 0 Å². The van der Waals surface area contributed by atoms with E-state index in [1.54, 1.807) is 31.2 Å². The zero-order valence-electron chi connectivity index (χ0n) is 19.8. The van der Waals surface area contributed by atoms with Gasteiger partial charge in [0.1, 0.15) is 0 Å². The fraction of sp³-hybridized carbons (Fsp3) is 0.370. The van der Waals surface area contributed by atoms with Crippen LogP contribution in [0, 0.1) is 23.7 Å². The Bertz CT molecular complexity index is 1210. The molecule has 1 aliphatic heterocycles. The first-order chi connectivity index (χ1) is 17.4. The minimum absolute atomic E-state index is 0.139. The van der Waals surface area contributed by atoms with Gasteiger partial charge in [-0.2, -0.15) is 0 Å². The van der Waals surface area contributed by atoms with Crippen LogP contribution in [-0.2, 0) is 23.9 Å². The van der Waals surface area contributed by atoms with Gasteiger partial charge in [-0.1, -0.05) is 6.07 Å². The van der Waals surface area contributed by atoms with Crippen LogP contribution in [0.4, 0.5) is 11.4 Å². The molecule has 9 nitrogen and oxygen atoms in total. The van der Waals surface area contributed by atoms with E-state index in [4.69, 9.17) is 9.47 Å². The maximum atomic E-state index is 13.1. The van der Waals surface area contributed by atoms with E-state index in [0.717, 1.165) is 19.3 Å². The van der Waals surface area contributed by atoms with Crippen molar-refractivity contribution in [2.75, 3.05) is 23.4 Å². The summed E-state index contributed by atoms with van der Waals surface area (Å²) in [6, 6.07) is 12.3. The Hall–Kier alpha value is -4.01. The molecule has 3 fully saturated rings. The van der Waals surface area contributed by atoms with Gasteiger partial charge >= 0.3 is 11.9 Å². The summed E-state index contributed by atoms with van der Waals surface area (Å²) in [5.41, 5.74) is 1.27. The summed E-state index contributed by atoms with van der Waals surface area (Å²) in [6.07, 6.45) is 2.93. The predicted octanol–water partition coefficient (Wildman–Crippen LogP) is 3.19. The van der Waals surface area contributed by atoms with E-state index < -0.39 is 24.5 Å². The number of ether oxygens (including phenoxy) is 2. The Balaban J connectivity index is 1.19. The van der Waals surface area contributed by atoms with Crippen molar-refractivity contribution in [2.24, 2.45) is 23.7 Å². The molecule has 0 radical (unpaired) electrons. The zero-order chi connectivity index (χ0) is 25.4. The second kappa shape index (κ2) is 9.56. The van der Waals surface area contributed by atoms with Crippen LogP contribution in [0.1, 0.15) is 46.9 Å². The molecule has 0 spiro atoms. The van der Waals surface area contributed by atoms with Gasteiger partial charge < -0.3 is 14.8 Å². The summed E-state index contributed by atoms with van der Waals surface area (Å²) in [5.74, 6) is -2.08. The quantitative estimate of drug-likeness (QED) is 0.468. The number of nitrogens with zero attached hydrogens (tertiary/aromatic N) is 1. The number of anilines is 2. The molecule has 2 bridgehead atoms. The Morgan fingerprint density at radius 3 is 2.17 bits per heavy atom. The summed E-state index contributed by atoms with van der Waals surface area (Å²) in [7, 11) is 0. The summed E-state index contributed by atoms with van der Waals surface area (Å²) in [5, 5.41) is 2.59. The van der Waals surface area contributed by atoms with Gasteiger partial charge in [0.05, 0.1) is 35.3 Å². The maximum Gasteiger partial charge on any atom is 0.338 e. The predicted molar refractivity (Wildman–Crippen MR) is 128 cm³/mol. The number of benzene rings is 2. The SMILES string of the molecule is CCOC(=O)c1ccc(NC(=O)COC(=O)c2cccc(N3C(=O)[C@@H]4[C@H]5CC[C@@H](C5)[C@H]4C3=O)c2)cc1. The van der Waals surface area contributed by atoms with E-state index in [0.29, 0.717) is 16.9 Å². The van der Waals surface area contributed by atoms with E-state index in [-0.39, 0.29) is 47.7 Å². The van der Waals surface area contributed by atoms with Gasteiger partial charge in [0.25, 0.3) is 5.91 Å². The fourth-order valence-electron chi connectivity index (χ4n) is 5.75. The number of rotatable bonds is 7. The molecule has 3 amide bonds. The van der Waals surface area contributed by atoms with Gasteiger partial charge in [0, 0.05) is 5.69 Å². The first kappa shape index (κ1) is 23.7. The molecule has 186 valence electrons. The molecule has 0 unspecified atom stereocenters. The second-order valence-corrected chi connectivity index (χ2v) is 9.37. The van der Waals surface area contributed by atoms with Gasteiger partial charge in [-0.15, -0.1) is 0 Å². The number of hydrogen-bond acceptors (Lipinski definition) is 7. The Kier molecular flexibility index (Phi) is 6.30. The molecule has 1 N–H and O–H groups in total. The van der Waals surface area contributed by atoms with Crippen molar-refractivity contribution in [3.63, 3.8) is 0 Å². The Morgan fingerprint density at radius 2 is 1.53 bits per heavy atom. The van der Waals surface area contributed by atoms with Gasteiger partial charge in [0.15, 0.2) is 6.61 Å². The molecular weight excluding hydrogens is 464 g/mol. The van der Waals surface area contributed by atoms with Crippen molar-refractivity contribution in [3.05, 3.63) is 59.7 Å². The fourth-order valence-corrected chi connectivity index (χ4v) is 5.75. The van der Waals surface area contributed by atoms with Gasteiger partial charge in [-0.3, -0.25) is 19.3 Å². The van der Waals surface area contributed by atoms with Crippen LogP contribution < -0.4 is 10.2 Å². The molecule has 2 aromatic carbocycles. The maximum absolute atomic E-state index is 13.1. The van der Waals surface area contributed by atoms with Crippen molar-refractivity contribution in [3.8, 4) is 0 Å². The van der Waals surface area contributed by atoms with Crippen molar-refractivity contribution in [1.29, 1.82) is 0 Å². The molecular formula is C27H26N2O7. The number of hydrogen-bond donors (Lipinski definition) is 1. The topological polar surface area (TPSA) is 119 Å². The molecule has 5 rings (SSSR count). The highest BCUT2D eigenvalue weighted by molar-refractivity contribution is 6.22. The Morgan fingerprint density at radius 1 is 0.889 bits per heavy atom. The lowest BCUT2D eigenvalue weighted by atomic mass is 9.81. The monoisotopic (exact) mass is 490 g/mol. The van der Waals surface area contributed by atoms with E-state index in [9.17, 15) is 24.0 Å². The second-order valence-electron chi connectivity index (χ2n) is 9.37. The average molecular weight is 491 g/mol. The van der Waals surface area contributed by atoms with Crippen LogP contribution in [0.25, 0.3) is 0 Å². The highest BCUT2D eigenvalue weighted by atomic mass is 16.5. The number of imide groups is 1. The molecule has 1 heterocycles. The summed E-state index contributed by atoms with van der Waals surface area (Å²) < 4.78 is 10.0. The third-order valence-corrected chi connectivity index (χ3v) is 7.28. The molecule has 36 heavy (non-hydrogen) atoms. The molecule has 2 saturated carbocycles. The van der Waals surface area contributed by atoms with Crippen molar-refractivity contribution >= 4 is 41.0 Å². The molecule has 0 aromatic heterocycles. The molecule has 1 saturated heterocycles. The largest absolute Gasteiger partial charge is 0.462 e. The van der Waals surface area contributed by atoms with E-state index in [1.165, 1.54) is 29.2 Å². The number of amides is 3. The van der Waals surface area contributed by atoms with Crippen LogP contribution in [0.15, 0.2) is 48.5 Å². The van der Waals surface area contributed by atoms with Crippen LogP contribution >= 0.6 is 0 Å². The van der Waals surface area contributed by atoms with Gasteiger partial charge in [0.2, 0.25) is 11.8 Å².